The molecule has 0 saturated carbocycles. The van der Waals surface area contributed by atoms with E-state index in [9.17, 15) is 0 Å². The maximum Gasteiger partial charge on any atom is 0.0994 e. The highest BCUT2D eigenvalue weighted by atomic mass is 15.3. The quantitative estimate of drug-likeness (QED) is 0.912. The van der Waals surface area contributed by atoms with Crippen LogP contribution in [0.4, 0.5) is 5.69 Å². The van der Waals surface area contributed by atoms with E-state index in [0.29, 0.717) is 0 Å². The number of hydrogen-bond donors (Lipinski definition) is 1. The van der Waals surface area contributed by atoms with E-state index >= 15 is 0 Å². The van der Waals surface area contributed by atoms with Gasteiger partial charge in [-0.15, -0.1) is 0 Å². The maximum atomic E-state index is 8.91. The first-order valence-electron chi connectivity index (χ1n) is 6.40. The third kappa shape index (κ3) is 2.94. The topological polar surface area (TPSA) is 53.6 Å². The fourth-order valence-corrected chi connectivity index (χ4v) is 2.13. The van der Waals surface area contributed by atoms with Gasteiger partial charge in [-0.3, -0.25) is 4.68 Å². The Morgan fingerprint density at radius 2 is 2.21 bits per heavy atom. The van der Waals surface area contributed by atoms with E-state index in [4.69, 9.17) is 5.26 Å². The number of aromatic nitrogens is 2. The molecule has 1 N–H and O–H groups in total. The average molecular weight is 254 g/mol. The molecule has 4 nitrogen and oxygen atoms in total. The van der Waals surface area contributed by atoms with Gasteiger partial charge in [0.25, 0.3) is 0 Å². The summed E-state index contributed by atoms with van der Waals surface area (Å²) in [7, 11) is 1.94. The molecule has 0 unspecified atom stereocenters. The van der Waals surface area contributed by atoms with E-state index in [-0.39, 0.29) is 0 Å². The van der Waals surface area contributed by atoms with Crippen molar-refractivity contribution < 1.29 is 0 Å². The molecule has 2 rings (SSSR count). The van der Waals surface area contributed by atoms with Crippen molar-refractivity contribution in [1.82, 2.24) is 9.78 Å². The van der Waals surface area contributed by atoms with Crippen molar-refractivity contribution in [3.63, 3.8) is 0 Å². The van der Waals surface area contributed by atoms with E-state index in [2.05, 4.69) is 23.4 Å². The van der Waals surface area contributed by atoms with Gasteiger partial charge in [0.05, 0.1) is 17.3 Å². The molecule has 0 radical (unpaired) electrons. The minimum Gasteiger partial charge on any atom is -0.381 e. The molecule has 0 aliphatic carbocycles. The number of nitrogens with zero attached hydrogens (tertiary/aromatic N) is 3. The molecule has 0 fully saturated rings. The fraction of sp³-hybridized carbons (Fsp3) is 0.333. The van der Waals surface area contributed by atoms with Crippen molar-refractivity contribution in [1.29, 1.82) is 5.26 Å². The molecule has 19 heavy (non-hydrogen) atoms. The van der Waals surface area contributed by atoms with Crippen molar-refractivity contribution >= 4 is 5.69 Å². The first kappa shape index (κ1) is 13.2. The molecule has 98 valence electrons. The number of rotatable bonds is 4. The van der Waals surface area contributed by atoms with Gasteiger partial charge < -0.3 is 5.32 Å². The van der Waals surface area contributed by atoms with Gasteiger partial charge in [-0.25, -0.2) is 0 Å². The zero-order chi connectivity index (χ0) is 13.8. The van der Waals surface area contributed by atoms with E-state index in [0.717, 1.165) is 35.5 Å². The van der Waals surface area contributed by atoms with Gasteiger partial charge in [-0.05, 0) is 37.1 Å². The summed E-state index contributed by atoms with van der Waals surface area (Å²) in [5, 5.41) is 16.7. The highest BCUT2D eigenvalue weighted by molar-refractivity contribution is 5.51. The molecule has 1 heterocycles. The number of benzene rings is 1. The molecule has 0 aliphatic rings. The van der Waals surface area contributed by atoms with Crippen LogP contribution in [0.5, 0.6) is 0 Å². The van der Waals surface area contributed by atoms with Crippen LogP contribution in [0, 0.1) is 18.3 Å². The summed E-state index contributed by atoms with van der Waals surface area (Å²) in [6, 6.07) is 7.96. The van der Waals surface area contributed by atoms with E-state index in [1.54, 1.807) is 0 Å². The predicted octanol–water partition coefficient (Wildman–Crippen LogP) is 2.77. The molecule has 0 bridgehead atoms. The second kappa shape index (κ2) is 5.57. The average Bonchev–Trinajstić information content (AvgIpc) is 2.77. The van der Waals surface area contributed by atoms with E-state index < -0.39 is 0 Å². The van der Waals surface area contributed by atoms with Crippen LogP contribution >= 0.6 is 0 Å². The van der Waals surface area contributed by atoms with Crippen molar-refractivity contribution in [2.45, 2.75) is 26.8 Å². The van der Waals surface area contributed by atoms with Gasteiger partial charge in [-0.1, -0.05) is 6.92 Å². The lowest BCUT2D eigenvalue weighted by atomic mass is 10.1. The van der Waals surface area contributed by atoms with Crippen LogP contribution in [0.15, 0.2) is 24.4 Å². The molecule has 0 amide bonds. The summed E-state index contributed by atoms with van der Waals surface area (Å²) in [6.45, 7) is 4.81. The van der Waals surface area contributed by atoms with Crippen molar-refractivity contribution in [3.8, 4) is 6.07 Å². The Hall–Kier alpha value is -2.28. The van der Waals surface area contributed by atoms with Crippen LogP contribution in [-0.2, 0) is 20.0 Å². The maximum absolute atomic E-state index is 8.91. The Bertz CT molecular complexity index is 620. The lowest BCUT2D eigenvalue weighted by molar-refractivity contribution is 0.746. The summed E-state index contributed by atoms with van der Waals surface area (Å²) >= 11 is 0. The summed E-state index contributed by atoms with van der Waals surface area (Å²) in [5.41, 5.74) is 5.09. The highest BCUT2D eigenvalue weighted by Crippen LogP contribution is 2.16. The van der Waals surface area contributed by atoms with Crippen LogP contribution in [0.3, 0.4) is 0 Å². The number of anilines is 1. The summed E-state index contributed by atoms with van der Waals surface area (Å²) in [4.78, 5) is 0. The monoisotopic (exact) mass is 254 g/mol. The van der Waals surface area contributed by atoms with Crippen molar-refractivity contribution in [3.05, 3.63) is 46.8 Å². The number of nitriles is 1. The second-order valence-corrected chi connectivity index (χ2v) is 4.62. The van der Waals surface area contributed by atoms with Gasteiger partial charge in [0.1, 0.15) is 0 Å². The van der Waals surface area contributed by atoms with Gasteiger partial charge in [-0.2, -0.15) is 10.4 Å². The van der Waals surface area contributed by atoms with Crippen LogP contribution in [0.1, 0.15) is 29.3 Å². The highest BCUT2D eigenvalue weighted by Gasteiger charge is 2.06. The van der Waals surface area contributed by atoms with E-state index in [1.165, 1.54) is 5.56 Å². The molecule has 1 aromatic heterocycles. The number of aryl methyl sites for hydroxylation is 3. The SMILES string of the molecule is CCc1nn(C)cc1CNc1ccc(C#N)c(C)c1. The number of nitrogens with one attached hydrogen (secondary N) is 1. The van der Waals surface area contributed by atoms with Crippen LogP contribution in [-0.4, -0.2) is 9.78 Å². The van der Waals surface area contributed by atoms with Crippen LogP contribution < -0.4 is 5.32 Å². The third-order valence-corrected chi connectivity index (χ3v) is 3.16. The second-order valence-electron chi connectivity index (χ2n) is 4.62. The Morgan fingerprint density at radius 3 is 2.84 bits per heavy atom. The first-order valence-corrected chi connectivity index (χ1v) is 6.40. The standard InChI is InChI=1S/C15H18N4/c1-4-15-13(10-19(3)18-15)9-17-14-6-5-12(8-16)11(2)7-14/h5-7,10,17H,4,9H2,1-3H3. The zero-order valence-electron chi connectivity index (χ0n) is 11.6. The Kier molecular flexibility index (Phi) is 3.86. The van der Waals surface area contributed by atoms with Crippen molar-refractivity contribution in [2.75, 3.05) is 5.32 Å². The molecule has 4 heteroatoms. The molecule has 1 aromatic carbocycles. The molecular weight excluding hydrogens is 236 g/mol. The summed E-state index contributed by atoms with van der Waals surface area (Å²) in [5.74, 6) is 0. The largest absolute Gasteiger partial charge is 0.381 e. The Labute approximate surface area is 113 Å². The smallest absolute Gasteiger partial charge is 0.0994 e. The minimum atomic E-state index is 0.723. The minimum absolute atomic E-state index is 0.723. The molecule has 0 spiro atoms. The fourth-order valence-electron chi connectivity index (χ4n) is 2.13. The molecule has 0 aliphatic heterocycles. The van der Waals surface area contributed by atoms with Gasteiger partial charge in [0.15, 0.2) is 0 Å². The van der Waals surface area contributed by atoms with Gasteiger partial charge in [0, 0.05) is 31.0 Å². The van der Waals surface area contributed by atoms with Gasteiger partial charge >= 0.3 is 0 Å². The lowest BCUT2D eigenvalue weighted by Crippen LogP contribution is -2.01. The number of hydrogen-bond acceptors (Lipinski definition) is 3. The van der Waals surface area contributed by atoms with Crippen LogP contribution in [0.2, 0.25) is 0 Å². The summed E-state index contributed by atoms with van der Waals surface area (Å²) in [6.07, 6.45) is 2.98. The third-order valence-electron chi connectivity index (χ3n) is 3.16. The Morgan fingerprint density at radius 1 is 1.42 bits per heavy atom. The molecule has 2 aromatic rings. The normalized spacial score (nSPS) is 10.2. The molecule has 0 saturated heterocycles. The summed E-state index contributed by atoms with van der Waals surface area (Å²) < 4.78 is 1.85. The van der Waals surface area contributed by atoms with Crippen LogP contribution in [0.25, 0.3) is 0 Å². The zero-order valence-corrected chi connectivity index (χ0v) is 11.6. The molecule has 0 atom stereocenters. The van der Waals surface area contributed by atoms with E-state index in [1.807, 2.05) is 43.0 Å². The van der Waals surface area contributed by atoms with Crippen molar-refractivity contribution in [2.24, 2.45) is 7.05 Å². The Balaban J connectivity index is 2.10. The predicted molar refractivity (Wildman–Crippen MR) is 75.8 cm³/mol. The first-order chi connectivity index (χ1) is 9.13. The van der Waals surface area contributed by atoms with Gasteiger partial charge in [0.2, 0.25) is 0 Å². The molecular formula is C15H18N4. The lowest BCUT2D eigenvalue weighted by Gasteiger charge is -2.07.